The van der Waals surface area contributed by atoms with Gasteiger partial charge in [-0.05, 0) is 24.3 Å². The Bertz CT molecular complexity index is 233. The van der Waals surface area contributed by atoms with E-state index < -0.39 is 0 Å². The van der Waals surface area contributed by atoms with Crippen LogP contribution in [0.15, 0.2) is 0 Å². The molecule has 0 radical (unpaired) electrons. The number of hydrogen-bond acceptors (Lipinski definition) is 3. The van der Waals surface area contributed by atoms with Crippen LogP contribution in [0.25, 0.3) is 0 Å². The third-order valence-corrected chi connectivity index (χ3v) is 3.72. The van der Waals surface area contributed by atoms with Gasteiger partial charge in [-0.2, -0.15) is 11.8 Å². The summed E-state index contributed by atoms with van der Waals surface area (Å²) in [5, 5.41) is 3.33. The molecule has 1 rings (SSSR count). The summed E-state index contributed by atoms with van der Waals surface area (Å²) in [6.07, 6.45) is 3.08. The number of rotatable bonds is 6. The molecule has 2 atom stereocenters. The average Bonchev–Trinajstić information content (AvgIpc) is 2.50. The maximum absolute atomic E-state index is 12.0. The molecule has 0 saturated carbocycles. The largest absolute Gasteiger partial charge is 0.341 e. The average molecular weight is 244 g/mol. The van der Waals surface area contributed by atoms with Gasteiger partial charge in [-0.25, -0.2) is 0 Å². The first kappa shape index (κ1) is 13.8. The number of nitrogens with zero attached hydrogens (tertiary/aromatic N) is 1. The van der Waals surface area contributed by atoms with E-state index in [1.807, 2.05) is 16.7 Å². The van der Waals surface area contributed by atoms with Crippen molar-refractivity contribution in [1.82, 2.24) is 10.2 Å². The van der Waals surface area contributed by atoms with Crippen molar-refractivity contribution in [1.29, 1.82) is 0 Å². The van der Waals surface area contributed by atoms with Gasteiger partial charge in [-0.15, -0.1) is 0 Å². The lowest BCUT2D eigenvalue weighted by molar-refractivity contribution is -0.129. The van der Waals surface area contributed by atoms with Crippen molar-refractivity contribution >= 4 is 17.7 Å². The number of likely N-dealkylation sites (tertiary alicyclic amines) is 1. The Morgan fingerprint density at radius 3 is 2.75 bits per heavy atom. The Balaban J connectivity index is 2.38. The molecular weight excluding hydrogens is 220 g/mol. The summed E-state index contributed by atoms with van der Waals surface area (Å²) in [6.45, 7) is 8.23. The van der Waals surface area contributed by atoms with E-state index in [1.165, 1.54) is 0 Å². The number of nitrogens with one attached hydrogen (secondary N) is 1. The van der Waals surface area contributed by atoms with Gasteiger partial charge >= 0.3 is 0 Å². The van der Waals surface area contributed by atoms with Gasteiger partial charge in [-0.1, -0.05) is 20.8 Å². The van der Waals surface area contributed by atoms with Gasteiger partial charge in [0.25, 0.3) is 0 Å². The third kappa shape index (κ3) is 3.98. The summed E-state index contributed by atoms with van der Waals surface area (Å²) in [5.74, 6) is 2.02. The van der Waals surface area contributed by atoms with Crippen molar-refractivity contribution in [2.45, 2.75) is 39.3 Å². The van der Waals surface area contributed by atoms with Crippen LogP contribution in [0.5, 0.6) is 0 Å². The van der Waals surface area contributed by atoms with E-state index in [-0.39, 0.29) is 6.04 Å². The van der Waals surface area contributed by atoms with E-state index in [1.54, 1.807) is 0 Å². The fourth-order valence-electron chi connectivity index (χ4n) is 2.19. The zero-order valence-electron chi connectivity index (χ0n) is 10.8. The van der Waals surface area contributed by atoms with Crippen LogP contribution in [0.1, 0.15) is 27.2 Å². The molecule has 0 aromatic carbocycles. The molecule has 0 bridgehead atoms. The van der Waals surface area contributed by atoms with Crippen molar-refractivity contribution in [2.75, 3.05) is 25.1 Å². The Hall–Kier alpha value is -0.220. The van der Waals surface area contributed by atoms with Gasteiger partial charge in [0.15, 0.2) is 0 Å². The Morgan fingerprint density at radius 1 is 1.50 bits per heavy atom. The number of thioether (sulfide) groups is 1. The second-order valence-electron chi connectivity index (χ2n) is 5.01. The summed E-state index contributed by atoms with van der Waals surface area (Å²) in [5.41, 5.74) is 0. The maximum atomic E-state index is 12.0. The molecule has 1 saturated heterocycles. The Labute approximate surface area is 103 Å². The molecule has 0 aromatic rings. The Morgan fingerprint density at radius 2 is 2.19 bits per heavy atom. The van der Waals surface area contributed by atoms with E-state index in [4.69, 9.17) is 0 Å². The van der Waals surface area contributed by atoms with Crippen LogP contribution in [0.3, 0.4) is 0 Å². The lowest BCUT2D eigenvalue weighted by atomic mass is 10.2. The molecule has 1 aliphatic rings. The number of carbonyl (C=O) groups is 1. The summed E-state index contributed by atoms with van der Waals surface area (Å²) in [7, 11) is 0. The smallest absolute Gasteiger partial charge is 0.239 e. The van der Waals surface area contributed by atoms with Gasteiger partial charge < -0.3 is 10.2 Å². The highest BCUT2D eigenvalue weighted by Crippen LogP contribution is 2.15. The minimum atomic E-state index is 0.0569. The van der Waals surface area contributed by atoms with Crippen molar-refractivity contribution in [3.05, 3.63) is 0 Å². The molecule has 2 unspecified atom stereocenters. The fraction of sp³-hybridized carbons (Fsp3) is 0.917. The molecule has 0 aromatic heterocycles. The van der Waals surface area contributed by atoms with Crippen molar-refractivity contribution in [2.24, 2.45) is 5.92 Å². The van der Waals surface area contributed by atoms with Crippen molar-refractivity contribution < 1.29 is 4.79 Å². The first-order valence-corrected chi connectivity index (χ1v) is 7.47. The molecule has 1 heterocycles. The van der Waals surface area contributed by atoms with E-state index in [0.717, 1.165) is 25.3 Å². The summed E-state index contributed by atoms with van der Waals surface area (Å²) < 4.78 is 0. The summed E-state index contributed by atoms with van der Waals surface area (Å²) in [4.78, 5) is 14.1. The van der Waals surface area contributed by atoms with Crippen molar-refractivity contribution in [3.8, 4) is 0 Å². The minimum absolute atomic E-state index is 0.0569. The summed E-state index contributed by atoms with van der Waals surface area (Å²) >= 11 is 1.85. The standard InChI is InChI=1S/C12H24N2OS/c1-9(2)13-11-5-6-14(12(11)15)7-10(3)8-16-4/h9-11,13H,5-8H2,1-4H3. The number of amides is 1. The maximum Gasteiger partial charge on any atom is 0.239 e. The molecule has 1 N–H and O–H groups in total. The predicted molar refractivity (Wildman–Crippen MR) is 70.8 cm³/mol. The molecule has 0 spiro atoms. The van der Waals surface area contributed by atoms with E-state index in [9.17, 15) is 4.79 Å². The lowest BCUT2D eigenvalue weighted by Crippen LogP contribution is -2.42. The second kappa shape index (κ2) is 6.50. The quantitative estimate of drug-likeness (QED) is 0.770. The van der Waals surface area contributed by atoms with Crippen LogP contribution < -0.4 is 5.32 Å². The van der Waals surface area contributed by atoms with E-state index in [0.29, 0.717) is 17.9 Å². The summed E-state index contributed by atoms with van der Waals surface area (Å²) in [6, 6.07) is 0.444. The van der Waals surface area contributed by atoms with E-state index >= 15 is 0 Å². The first-order valence-electron chi connectivity index (χ1n) is 6.08. The van der Waals surface area contributed by atoms with Gasteiger partial charge in [0.05, 0.1) is 6.04 Å². The molecule has 94 valence electrons. The van der Waals surface area contributed by atoms with Crippen LogP contribution in [-0.4, -0.2) is 48.0 Å². The zero-order valence-corrected chi connectivity index (χ0v) is 11.6. The van der Waals surface area contributed by atoms with Gasteiger partial charge in [-0.3, -0.25) is 4.79 Å². The highest BCUT2D eigenvalue weighted by atomic mass is 32.2. The van der Waals surface area contributed by atoms with Crippen LogP contribution in [0.2, 0.25) is 0 Å². The molecule has 16 heavy (non-hydrogen) atoms. The normalized spacial score (nSPS) is 23.2. The molecule has 1 aliphatic heterocycles. The molecule has 3 nitrogen and oxygen atoms in total. The number of hydrogen-bond donors (Lipinski definition) is 1. The van der Waals surface area contributed by atoms with Gasteiger partial charge in [0.2, 0.25) is 5.91 Å². The number of carbonyl (C=O) groups excluding carboxylic acids is 1. The van der Waals surface area contributed by atoms with Gasteiger partial charge in [0, 0.05) is 19.1 Å². The lowest BCUT2D eigenvalue weighted by Gasteiger charge is -2.21. The van der Waals surface area contributed by atoms with Crippen molar-refractivity contribution in [3.63, 3.8) is 0 Å². The van der Waals surface area contributed by atoms with Crippen LogP contribution >= 0.6 is 11.8 Å². The molecule has 1 amide bonds. The topological polar surface area (TPSA) is 32.3 Å². The van der Waals surface area contributed by atoms with Crippen LogP contribution in [0, 0.1) is 5.92 Å². The predicted octanol–water partition coefficient (Wildman–Crippen LogP) is 1.58. The molecule has 0 aliphatic carbocycles. The van der Waals surface area contributed by atoms with E-state index in [2.05, 4.69) is 32.3 Å². The fourth-order valence-corrected chi connectivity index (χ4v) is 2.87. The molecule has 4 heteroatoms. The molecule has 1 fully saturated rings. The highest BCUT2D eigenvalue weighted by Gasteiger charge is 2.31. The Kier molecular flexibility index (Phi) is 5.62. The highest BCUT2D eigenvalue weighted by molar-refractivity contribution is 7.98. The SMILES string of the molecule is CSCC(C)CN1CCC(NC(C)C)C1=O. The van der Waals surface area contributed by atoms with Crippen LogP contribution in [-0.2, 0) is 4.79 Å². The van der Waals surface area contributed by atoms with Crippen LogP contribution in [0.4, 0.5) is 0 Å². The minimum Gasteiger partial charge on any atom is -0.341 e. The first-order chi connectivity index (χ1) is 7.54. The third-order valence-electron chi connectivity index (χ3n) is 2.82. The zero-order chi connectivity index (χ0) is 12.1. The monoisotopic (exact) mass is 244 g/mol. The van der Waals surface area contributed by atoms with Gasteiger partial charge in [0.1, 0.15) is 0 Å². The molecular formula is C12H24N2OS. The second-order valence-corrected chi connectivity index (χ2v) is 5.92.